The first-order valence-electron chi connectivity index (χ1n) is 6.38. The van der Waals surface area contributed by atoms with Crippen LogP contribution in [0.2, 0.25) is 0 Å². The molecule has 0 aliphatic carbocycles. The molecule has 0 spiro atoms. The van der Waals surface area contributed by atoms with Crippen molar-refractivity contribution in [3.05, 3.63) is 29.6 Å². The van der Waals surface area contributed by atoms with Gasteiger partial charge in [-0.05, 0) is 37.1 Å². The quantitative estimate of drug-likeness (QED) is 0.661. The summed E-state index contributed by atoms with van der Waals surface area (Å²) in [6.07, 6.45) is 0.463. The van der Waals surface area contributed by atoms with Gasteiger partial charge in [0, 0.05) is 19.2 Å². The SMILES string of the molecule is CCOCCNC1CCS(=O)(=O)c2ccc(F)cc21. The highest BCUT2D eigenvalue weighted by atomic mass is 32.2. The summed E-state index contributed by atoms with van der Waals surface area (Å²) in [5.74, 6) is -0.315. The van der Waals surface area contributed by atoms with Crippen molar-refractivity contribution in [2.24, 2.45) is 0 Å². The van der Waals surface area contributed by atoms with Gasteiger partial charge in [0.25, 0.3) is 0 Å². The highest BCUT2D eigenvalue weighted by Crippen LogP contribution is 2.32. The zero-order valence-electron chi connectivity index (χ0n) is 10.9. The molecule has 1 atom stereocenters. The Kier molecular flexibility index (Phi) is 4.54. The van der Waals surface area contributed by atoms with Gasteiger partial charge in [-0.25, -0.2) is 12.8 Å². The molecule has 1 heterocycles. The number of rotatable bonds is 5. The van der Waals surface area contributed by atoms with Crippen LogP contribution >= 0.6 is 0 Å². The number of ether oxygens (including phenoxy) is 1. The largest absolute Gasteiger partial charge is 0.380 e. The van der Waals surface area contributed by atoms with Crippen LogP contribution in [-0.2, 0) is 14.6 Å². The fraction of sp³-hybridized carbons (Fsp3) is 0.538. The van der Waals surface area contributed by atoms with Crippen LogP contribution in [0.1, 0.15) is 24.9 Å². The van der Waals surface area contributed by atoms with E-state index < -0.39 is 15.7 Å². The molecule has 0 amide bonds. The zero-order valence-corrected chi connectivity index (χ0v) is 11.7. The van der Waals surface area contributed by atoms with E-state index in [1.54, 1.807) is 0 Å². The lowest BCUT2D eigenvalue weighted by atomic mass is 10.0. The summed E-state index contributed by atoms with van der Waals surface area (Å²) in [5, 5.41) is 3.22. The average molecular weight is 287 g/mol. The van der Waals surface area contributed by atoms with Crippen LogP contribution in [0, 0.1) is 5.82 Å². The minimum absolute atomic E-state index is 0.0952. The second kappa shape index (κ2) is 5.98. The summed E-state index contributed by atoms with van der Waals surface area (Å²) >= 11 is 0. The lowest BCUT2D eigenvalue weighted by Gasteiger charge is -2.26. The van der Waals surface area contributed by atoms with Gasteiger partial charge in [0.1, 0.15) is 5.82 Å². The van der Waals surface area contributed by atoms with Gasteiger partial charge in [0.05, 0.1) is 17.3 Å². The molecule has 4 nitrogen and oxygen atoms in total. The molecule has 1 N–H and O–H groups in total. The van der Waals surface area contributed by atoms with Crippen LogP contribution < -0.4 is 5.32 Å². The van der Waals surface area contributed by atoms with Crippen LogP contribution in [0.5, 0.6) is 0 Å². The Morgan fingerprint density at radius 2 is 2.26 bits per heavy atom. The number of benzene rings is 1. The number of hydrogen-bond donors (Lipinski definition) is 1. The molecule has 0 radical (unpaired) electrons. The Morgan fingerprint density at radius 1 is 1.47 bits per heavy atom. The Bertz CT molecular complexity index is 545. The van der Waals surface area contributed by atoms with E-state index in [0.29, 0.717) is 31.7 Å². The zero-order chi connectivity index (χ0) is 13.9. The minimum atomic E-state index is -3.26. The van der Waals surface area contributed by atoms with Crippen molar-refractivity contribution in [2.45, 2.75) is 24.3 Å². The van der Waals surface area contributed by atoms with Crippen molar-refractivity contribution >= 4 is 9.84 Å². The summed E-state index contributed by atoms with van der Waals surface area (Å²) in [5.41, 5.74) is 0.530. The highest BCUT2D eigenvalue weighted by molar-refractivity contribution is 7.91. The van der Waals surface area contributed by atoms with Crippen molar-refractivity contribution in [3.8, 4) is 0 Å². The maximum Gasteiger partial charge on any atom is 0.178 e. The van der Waals surface area contributed by atoms with E-state index in [9.17, 15) is 12.8 Å². The monoisotopic (exact) mass is 287 g/mol. The maximum atomic E-state index is 13.3. The third kappa shape index (κ3) is 3.32. The van der Waals surface area contributed by atoms with Gasteiger partial charge in [-0.15, -0.1) is 0 Å². The van der Waals surface area contributed by atoms with Gasteiger partial charge in [0.15, 0.2) is 9.84 Å². The molecule has 1 aliphatic rings. The Balaban J connectivity index is 2.18. The van der Waals surface area contributed by atoms with Gasteiger partial charge in [-0.3, -0.25) is 0 Å². The number of nitrogens with one attached hydrogen (secondary N) is 1. The Morgan fingerprint density at radius 3 is 3.00 bits per heavy atom. The molecule has 1 aliphatic heterocycles. The van der Waals surface area contributed by atoms with Crippen LogP contribution in [0.4, 0.5) is 4.39 Å². The van der Waals surface area contributed by atoms with Crippen LogP contribution in [0.3, 0.4) is 0 Å². The van der Waals surface area contributed by atoms with E-state index in [1.165, 1.54) is 18.2 Å². The standard InChI is InChI=1S/C13H18FNO3S/c1-2-18-7-6-15-12-5-8-19(16,17)13-4-3-10(14)9-11(12)13/h3-4,9,12,15H,2,5-8H2,1H3. The molecule has 1 aromatic rings. The van der Waals surface area contributed by atoms with Gasteiger partial charge >= 0.3 is 0 Å². The summed E-state index contributed by atoms with van der Waals surface area (Å²) in [6.45, 7) is 3.74. The van der Waals surface area contributed by atoms with E-state index in [2.05, 4.69) is 5.32 Å². The fourth-order valence-corrected chi connectivity index (χ4v) is 3.88. The molecule has 19 heavy (non-hydrogen) atoms. The molecule has 0 saturated carbocycles. The summed E-state index contributed by atoms with van der Waals surface area (Å²) < 4.78 is 42.4. The molecule has 2 rings (SSSR count). The van der Waals surface area contributed by atoms with E-state index in [0.717, 1.165) is 0 Å². The molecule has 1 aromatic carbocycles. The van der Waals surface area contributed by atoms with Gasteiger partial charge in [0.2, 0.25) is 0 Å². The van der Waals surface area contributed by atoms with Gasteiger partial charge in [-0.2, -0.15) is 0 Å². The predicted molar refractivity (Wildman–Crippen MR) is 70.3 cm³/mol. The van der Waals surface area contributed by atoms with Gasteiger partial charge in [-0.1, -0.05) is 0 Å². The molecule has 1 unspecified atom stereocenters. The van der Waals surface area contributed by atoms with Crippen molar-refractivity contribution in [1.82, 2.24) is 5.32 Å². The number of hydrogen-bond acceptors (Lipinski definition) is 4. The summed E-state index contributed by atoms with van der Waals surface area (Å²) in [4.78, 5) is 0.244. The number of halogens is 1. The molecular formula is C13H18FNO3S. The third-order valence-corrected chi connectivity index (χ3v) is 5.01. The smallest absolute Gasteiger partial charge is 0.178 e. The molecule has 0 fully saturated rings. The maximum absolute atomic E-state index is 13.3. The Labute approximate surface area is 112 Å². The summed E-state index contributed by atoms with van der Waals surface area (Å²) in [7, 11) is -3.26. The third-order valence-electron chi connectivity index (χ3n) is 3.20. The highest BCUT2D eigenvalue weighted by Gasteiger charge is 2.30. The molecular weight excluding hydrogens is 269 g/mol. The lowest BCUT2D eigenvalue weighted by Crippen LogP contribution is -2.32. The van der Waals surface area contributed by atoms with Crippen LogP contribution in [-0.4, -0.2) is 33.9 Å². The van der Waals surface area contributed by atoms with E-state index in [-0.39, 0.29) is 16.7 Å². The van der Waals surface area contributed by atoms with Crippen molar-refractivity contribution < 1.29 is 17.5 Å². The molecule has 106 valence electrons. The first-order chi connectivity index (χ1) is 9.04. The molecule has 0 aromatic heterocycles. The summed E-state index contributed by atoms with van der Waals surface area (Å²) in [6, 6.07) is 3.73. The first-order valence-corrected chi connectivity index (χ1v) is 8.03. The number of fused-ring (bicyclic) bond motifs is 1. The molecule has 0 bridgehead atoms. The first kappa shape index (κ1) is 14.4. The lowest BCUT2D eigenvalue weighted by molar-refractivity contribution is 0.146. The van der Waals surface area contributed by atoms with Crippen molar-refractivity contribution in [2.75, 3.05) is 25.5 Å². The Hall–Kier alpha value is -0.980. The van der Waals surface area contributed by atoms with Gasteiger partial charge < -0.3 is 10.1 Å². The normalized spacial score (nSPS) is 21.1. The van der Waals surface area contributed by atoms with Crippen molar-refractivity contribution in [3.63, 3.8) is 0 Å². The van der Waals surface area contributed by atoms with Crippen molar-refractivity contribution in [1.29, 1.82) is 0 Å². The second-order valence-corrected chi connectivity index (χ2v) is 6.57. The average Bonchev–Trinajstić information content (AvgIpc) is 2.36. The predicted octanol–water partition coefficient (Wildman–Crippen LogP) is 1.67. The van der Waals surface area contributed by atoms with E-state index >= 15 is 0 Å². The van der Waals surface area contributed by atoms with E-state index in [4.69, 9.17) is 4.74 Å². The second-order valence-electron chi connectivity index (χ2n) is 4.49. The minimum Gasteiger partial charge on any atom is -0.380 e. The molecule has 6 heteroatoms. The topological polar surface area (TPSA) is 55.4 Å². The fourth-order valence-electron chi connectivity index (χ4n) is 2.27. The van der Waals surface area contributed by atoms with E-state index in [1.807, 2.05) is 6.92 Å². The number of sulfone groups is 1. The van der Waals surface area contributed by atoms with Crippen LogP contribution in [0.15, 0.2) is 23.1 Å². The molecule has 0 saturated heterocycles. The van der Waals surface area contributed by atoms with Crippen LogP contribution in [0.25, 0.3) is 0 Å².